The number of hydrogen-bond acceptors (Lipinski definition) is 1. The highest BCUT2D eigenvalue weighted by atomic mass is 16.3. The molecule has 0 amide bonds. The van der Waals surface area contributed by atoms with Crippen molar-refractivity contribution in [3.63, 3.8) is 0 Å². The van der Waals surface area contributed by atoms with Crippen LogP contribution in [0, 0.1) is 0 Å². The lowest BCUT2D eigenvalue weighted by molar-refractivity contribution is 0.186. The van der Waals surface area contributed by atoms with Gasteiger partial charge in [-0.25, -0.2) is 0 Å². The van der Waals surface area contributed by atoms with Crippen LogP contribution in [0.1, 0.15) is 26.7 Å². The van der Waals surface area contributed by atoms with E-state index in [1.165, 1.54) is 0 Å². The average molecular weight is 114 g/mol. The van der Waals surface area contributed by atoms with Crippen LogP contribution in [0.2, 0.25) is 0 Å². The van der Waals surface area contributed by atoms with Crippen LogP contribution in [0.4, 0.5) is 0 Å². The normalized spacial score (nSPS) is 14.9. The molecule has 0 saturated heterocycles. The van der Waals surface area contributed by atoms with Gasteiger partial charge >= 0.3 is 0 Å². The topological polar surface area (TPSA) is 20.2 Å². The van der Waals surface area contributed by atoms with Crippen molar-refractivity contribution in [2.75, 3.05) is 0 Å². The molecule has 0 aliphatic carbocycles. The predicted molar refractivity (Wildman–Crippen MR) is 35.7 cm³/mol. The molecule has 0 aromatic carbocycles. The van der Waals surface area contributed by atoms with Crippen LogP contribution in [-0.2, 0) is 0 Å². The molecule has 0 aliphatic heterocycles. The van der Waals surface area contributed by atoms with E-state index in [1.54, 1.807) is 0 Å². The molecule has 0 rings (SSSR count). The van der Waals surface area contributed by atoms with E-state index in [-0.39, 0.29) is 6.10 Å². The maximum Gasteiger partial charge on any atom is 0.0515 e. The highest BCUT2D eigenvalue weighted by Gasteiger charge is 1.89. The zero-order valence-electron chi connectivity index (χ0n) is 5.59. The first kappa shape index (κ1) is 7.70. The summed E-state index contributed by atoms with van der Waals surface area (Å²) in [6.07, 6.45) is 5.79. The van der Waals surface area contributed by atoms with E-state index in [2.05, 4.69) is 6.08 Å². The number of hydrogen-bond donors (Lipinski definition) is 1. The second-order valence-electron chi connectivity index (χ2n) is 2.00. The van der Waals surface area contributed by atoms with Crippen molar-refractivity contribution in [1.29, 1.82) is 0 Å². The molecule has 1 N–H and O–H groups in total. The van der Waals surface area contributed by atoms with Gasteiger partial charge in [-0.2, -0.15) is 0 Å². The summed E-state index contributed by atoms with van der Waals surface area (Å²) in [7, 11) is 0. The average Bonchev–Trinajstić information content (AvgIpc) is 1.66. The zero-order chi connectivity index (χ0) is 6.41. The van der Waals surface area contributed by atoms with Gasteiger partial charge in [0.15, 0.2) is 0 Å². The van der Waals surface area contributed by atoms with Gasteiger partial charge in [0.2, 0.25) is 0 Å². The Hall–Kier alpha value is -0.300. The van der Waals surface area contributed by atoms with Crippen molar-refractivity contribution >= 4 is 0 Å². The third-order valence-electron chi connectivity index (χ3n) is 0.987. The van der Waals surface area contributed by atoms with Crippen LogP contribution in [-0.4, -0.2) is 11.2 Å². The number of aliphatic hydroxyl groups excluding tert-OH is 1. The van der Waals surface area contributed by atoms with Crippen molar-refractivity contribution in [2.45, 2.75) is 32.8 Å². The fourth-order valence-electron chi connectivity index (χ4n) is 0.504. The van der Waals surface area contributed by atoms with E-state index in [0.29, 0.717) is 0 Å². The van der Waals surface area contributed by atoms with Crippen LogP contribution in [0.5, 0.6) is 0 Å². The second kappa shape index (κ2) is 4.85. The molecular weight excluding hydrogens is 100 g/mol. The van der Waals surface area contributed by atoms with Crippen molar-refractivity contribution in [3.05, 3.63) is 12.2 Å². The molecule has 1 unspecified atom stereocenters. The molecule has 0 saturated carbocycles. The van der Waals surface area contributed by atoms with Crippen LogP contribution in [0.25, 0.3) is 0 Å². The Bertz CT molecular complexity index is 64.8. The fraction of sp³-hybridized carbons (Fsp3) is 0.714. The van der Waals surface area contributed by atoms with Gasteiger partial charge in [-0.05, 0) is 26.7 Å². The summed E-state index contributed by atoms with van der Waals surface area (Å²) < 4.78 is 0. The summed E-state index contributed by atoms with van der Waals surface area (Å²) in [5, 5.41) is 8.75. The van der Waals surface area contributed by atoms with E-state index in [9.17, 15) is 0 Å². The van der Waals surface area contributed by atoms with Gasteiger partial charge < -0.3 is 5.11 Å². The monoisotopic (exact) mass is 114 g/mol. The Morgan fingerprint density at radius 1 is 1.62 bits per heavy atom. The molecule has 1 nitrogen and oxygen atoms in total. The van der Waals surface area contributed by atoms with Gasteiger partial charge in [0.05, 0.1) is 6.10 Å². The van der Waals surface area contributed by atoms with E-state index in [4.69, 9.17) is 5.11 Å². The molecular formula is C7H14O. The standard InChI is InChI=1S/C7H14O/c1-3-4-5-6-7(2)8/h3-4,7-8H,5-6H2,1-2H3/b4-3+. The van der Waals surface area contributed by atoms with E-state index >= 15 is 0 Å². The third-order valence-corrected chi connectivity index (χ3v) is 0.987. The van der Waals surface area contributed by atoms with Crippen LogP contribution in [0.15, 0.2) is 12.2 Å². The lowest BCUT2D eigenvalue weighted by Gasteiger charge is -1.97. The number of aliphatic hydroxyl groups is 1. The zero-order valence-corrected chi connectivity index (χ0v) is 5.59. The Kier molecular flexibility index (Phi) is 4.67. The Morgan fingerprint density at radius 3 is 2.62 bits per heavy atom. The lowest BCUT2D eigenvalue weighted by Crippen LogP contribution is -1.96. The first-order valence-corrected chi connectivity index (χ1v) is 3.06. The van der Waals surface area contributed by atoms with Gasteiger partial charge in [-0.1, -0.05) is 12.2 Å². The number of allylic oxidation sites excluding steroid dienone is 2. The minimum absolute atomic E-state index is 0.147. The third kappa shape index (κ3) is 5.70. The van der Waals surface area contributed by atoms with Gasteiger partial charge in [0, 0.05) is 0 Å². The molecule has 8 heavy (non-hydrogen) atoms. The summed E-state index contributed by atoms with van der Waals surface area (Å²) in [5.41, 5.74) is 0. The van der Waals surface area contributed by atoms with Gasteiger partial charge in [0.1, 0.15) is 0 Å². The first-order chi connectivity index (χ1) is 3.77. The van der Waals surface area contributed by atoms with Crippen LogP contribution in [0.3, 0.4) is 0 Å². The highest BCUT2D eigenvalue weighted by molar-refractivity contribution is 4.76. The van der Waals surface area contributed by atoms with Crippen LogP contribution >= 0.6 is 0 Å². The molecule has 1 heteroatoms. The van der Waals surface area contributed by atoms with E-state index in [1.807, 2.05) is 19.9 Å². The van der Waals surface area contributed by atoms with E-state index in [0.717, 1.165) is 12.8 Å². The molecule has 0 spiro atoms. The molecule has 0 bridgehead atoms. The quantitative estimate of drug-likeness (QED) is 0.554. The Balaban J connectivity index is 2.93. The van der Waals surface area contributed by atoms with Gasteiger partial charge in [-0.15, -0.1) is 0 Å². The fourth-order valence-corrected chi connectivity index (χ4v) is 0.504. The summed E-state index contributed by atoms with van der Waals surface area (Å²) in [6, 6.07) is 0. The molecule has 0 aliphatic rings. The predicted octanol–water partition coefficient (Wildman–Crippen LogP) is 1.72. The minimum atomic E-state index is -0.147. The Labute approximate surface area is 51.0 Å². The molecule has 0 heterocycles. The molecule has 0 fully saturated rings. The van der Waals surface area contributed by atoms with Crippen molar-refractivity contribution in [2.24, 2.45) is 0 Å². The minimum Gasteiger partial charge on any atom is -0.393 e. The maximum absolute atomic E-state index is 8.75. The van der Waals surface area contributed by atoms with E-state index < -0.39 is 0 Å². The SMILES string of the molecule is C/C=C/CCC(C)O. The second-order valence-corrected chi connectivity index (χ2v) is 2.00. The van der Waals surface area contributed by atoms with Gasteiger partial charge in [0.25, 0.3) is 0 Å². The highest BCUT2D eigenvalue weighted by Crippen LogP contribution is 1.95. The molecule has 0 radical (unpaired) electrons. The van der Waals surface area contributed by atoms with Crippen molar-refractivity contribution in [3.8, 4) is 0 Å². The molecule has 1 atom stereocenters. The Morgan fingerprint density at radius 2 is 2.25 bits per heavy atom. The molecule has 0 aromatic rings. The lowest BCUT2D eigenvalue weighted by atomic mass is 10.2. The molecule has 0 aromatic heterocycles. The summed E-state index contributed by atoms with van der Waals surface area (Å²) in [6.45, 7) is 3.80. The van der Waals surface area contributed by atoms with Crippen molar-refractivity contribution < 1.29 is 5.11 Å². The maximum atomic E-state index is 8.75. The number of rotatable bonds is 3. The van der Waals surface area contributed by atoms with Crippen molar-refractivity contribution in [1.82, 2.24) is 0 Å². The summed E-state index contributed by atoms with van der Waals surface area (Å²) in [4.78, 5) is 0. The summed E-state index contributed by atoms with van der Waals surface area (Å²) in [5.74, 6) is 0. The summed E-state index contributed by atoms with van der Waals surface area (Å²) >= 11 is 0. The largest absolute Gasteiger partial charge is 0.393 e. The molecule has 48 valence electrons. The first-order valence-electron chi connectivity index (χ1n) is 3.06. The van der Waals surface area contributed by atoms with Gasteiger partial charge in [-0.3, -0.25) is 0 Å². The van der Waals surface area contributed by atoms with Crippen LogP contribution < -0.4 is 0 Å². The smallest absolute Gasteiger partial charge is 0.0515 e.